The number of nitrogens with zero attached hydrogens (tertiary/aromatic N) is 2. The van der Waals surface area contributed by atoms with Gasteiger partial charge in [-0.25, -0.2) is 0 Å². The van der Waals surface area contributed by atoms with Crippen LogP contribution in [-0.4, -0.2) is 28.4 Å². The Kier molecular flexibility index (Phi) is 9.27. The first-order valence-electron chi connectivity index (χ1n) is 13.5. The molecule has 2 amide bonds. The highest BCUT2D eigenvalue weighted by molar-refractivity contribution is 6.04. The lowest BCUT2D eigenvalue weighted by Gasteiger charge is -2.15. The summed E-state index contributed by atoms with van der Waals surface area (Å²) in [7, 11) is 1.56. The average Bonchev–Trinajstić information content (AvgIpc) is 3.39. The predicted octanol–water partition coefficient (Wildman–Crippen LogP) is 6.94. The second-order valence-electron chi connectivity index (χ2n) is 10.0. The van der Waals surface area contributed by atoms with E-state index in [2.05, 4.69) is 22.5 Å². The van der Waals surface area contributed by atoms with E-state index in [1.807, 2.05) is 25.1 Å². The van der Waals surface area contributed by atoms with E-state index in [1.54, 1.807) is 48.4 Å². The Morgan fingerprint density at radius 1 is 0.927 bits per heavy atom. The molecule has 6 nitrogen and oxygen atoms in total. The molecular formula is C32H33F3N4O2. The van der Waals surface area contributed by atoms with Crippen molar-refractivity contribution in [2.75, 3.05) is 12.4 Å². The van der Waals surface area contributed by atoms with Gasteiger partial charge in [-0.05, 0) is 103 Å². The van der Waals surface area contributed by atoms with Crippen molar-refractivity contribution < 1.29 is 22.8 Å². The van der Waals surface area contributed by atoms with Crippen molar-refractivity contribution in [2.24, 2.45) is 0 Å². The topological polar surface area (TPSA) is 76.0 Å². The molecule has 0 spiro atoms. The highest BCUT2D eigenvalue weighted by Gasteiger charge is 2.31. The van der Waals surface area contributed by atoms with Crippen LogP contribution in [0.25, 0.3) is 5.69 Å². The number of carbonyl (C=O) groups is 2. The standard InChI is InChI=1S/C32H33F3N4O2/c1-4-6-23-9-10-25(16-24(23)8-5-7-22-11-13-37-29(15-22)31(41)36-3)30(40)38-27-17-26(32(33,34)35)18-28(19-27)39-14-12-21(2)20-39/h9-20H,4-8H2,1-3H3,(H,36,41)(H,38,40). The Morgan fingerprint density at radius 2 is 1.73 bits per heavy atom. The number of halogens is 3. The summed E-state index contributed by atoms with van der Waals surface area (Å²) < 4.78 is 42.6. The van der Waals surface area contributed by atoms with Gasteiger partial charge in [0.15, 0.2) is 0 Å². The minimum absolute atomic E-state index is 0.0648. The monoisotopic (exact) mass is 562 g/mol. The number of amides is 2. The summed E-state index contributed by atoms with van der Waals surface area (Å²) >= 11 is 0. The van der Waals surface area contributed by atoms with Crippen LogP contribution >= 0.6 is 0 Å². The van der Waals surface area contributed by atoms with Crippen LogP contribution in [0.15, 0.2) is 73.2 Å². The summed E-state index contributed by atoms with van der Waals surface area (Å²) in [6.45, 7) is 3.94. The summed E-state index contributed by atoms with van der Waals surface area (Å²) in [5.74, 6) is -0.722. The minimum atomic E-state index is -4.57. The van der Waals surface area contributed by atoms with E-state index < -0.39 is 17.6 Å². The molecule has 0 saturated heterocycles. The van der Waals surface area contributed by atoms with Gasteiger partial charge in [0.1, 0.15) is 5.69 Å². The van der Waals surface area contributed by atoms with E-state index in [4.69, 9.17) is 0 Å². The van der Waals surface area contributed by atoms with Gasteiger partial charge in [0.25, 0.3) is 11.8 Å². The average molecular weight is 563 g/mol. The van der Waals surface area contributed by atoms with Crippen LogP contribution in [-0.2, 0) is 25.4 Å². The number of hydrogen-bond donors (Lipinski definition) is 2. The number of aryl methyl sites for hydroxylation is 4. The normalized spacial score (nSPS) is 11.4. The van der Waals surface area contributed by atoms with E-state index >= 15 is 0 Å². The van der Waals surface area contributed by atoms with Crippen molar-refractivity contribution in [2.45, 2.75) is 52.1 Å². The lowest BCUT2D eigenvalue weighted by atomic mass is 9.95. The molecule has 2 N–H and O–H groups in total. The van der Waals surface area contributed by atoms with E-state index in [9.17, 15) is 22.8 Å². The van der Waals surface area contributed by atoms with Crippen molar-refractivity contribution in [3.05, 3.63) is 112 Å². The van der Waals surface area contributed by atoms with Crippen molar-refractivity contribution in [1.82, 2.24) is 14.9 Å². The van der Waals surface area contributed by atoms with Crippen LogP contribution in [0.4, 0.5) is 18.9 Å². The molecule has 0 radical (unpaired) electrons. The number of alkyl halides is 3. The summed E-state index contributed by atoms with van der Waals surface area (Å²) in [5, 5.41) is 5.25. The lowest BCUT2D eigenvalue weighted by Crippen LogP contribution is -2.19. The maximum atomic E-state index is 13.7. The minimum Gasteiger partial charge on any atom is -0.354 e. The SMILES string of the molecule is CCCc1ccc(C(=O)Nc2cc(-n3ccc(C)c3)cc(C(F)(F)F)c2)cc1CCCc1ccnc(C(=O)NC)c1. The molecule has 0 atom stereocenters. The number of benzene rings is 2. The first-order valence-corrected chi connectivity index (χ1v) is 13.5. The molecule has 2 heterocycles. The quantitative estimate of drug-likeness (QED) is 0.220. The molecule has 214 valence electrons. The van der Waals surface area contributed by atoms with Gasteiger partial charge in [-0.1, -0.05) is 19.4 Å². The zero-order chi connectivity index (χ0) is 29.6. The van der Waals surface area contributed by atoms with Gasteiger partial charge in [-0.15, -0.1) is 0 Å². The second kappa shape index (κ2) is 12.8. The van der Waals surface area contributed by atoms with Crippen LogP contribution in [0.3, 0.4) is 0 Å². The Hall–Kier alpha value is -4.40. The number of rotatable bonds is 10. The molecule has 4 aromatic rings. The summed E-state index contributed by atoms with van der Waals surface area (Å²) in [4.78, 5) is 29.2. The Balaban J connectivity index is 1.54. The van der Waals surface area contributed by atoms with Gasteiger partial charge in [-0.3, -0.25) is 14.6 Å². The van der Waals surface area contributed by atoms with Gasteiger partial charge in [0.2, 0.25) is 0 Å². The summed E-state index contributed by atoms with van der Waals surface area (Å²) in [5.41, 5.74) is 4.31. The second-order valence-corrected chi connectivity index (χ2v) is 10.0. The number of hydrogen-bond acceptors (Lipinski definition) is 3. The van der Waals surface area contributed by atoms with E-state index in [0.717, 1.165) is 60.1 Å². The predicted molar refractivity (Wildman–Crippen MR) is 154 cm³/mol. The fraction of sp³-hybridized carbons (Fsp3) is 0.281. The molecule has 0 bridgehead atoms. The molecule has 2 aromatic heterocycles. The van der Waals surface area contributed by atoms with Crippen molar-refractivity contribution >= 4 is 17.5 Å². The third-order valence-corrected chi connectivity index (χ3v) is 6.83. The van der Waals surface area contributed by atoms with E-state index in [1.165, 1.54) is 6.07 Å². The molecule has 4 rings (SSSR count). The molecule has 0 fully saturated rings. The molecule has 2 aromatic carbocycles. The van der Waals surface area contributed by atoms with Crippen LogP contribution in [0.1, 0.15) is 68.4 Å². The zero-order valence-electron chi connectivity index (χ0n) is 23.3. The highest BCUT2D eigenvalue weighted by Crippen LogP contribution is 2.33. The van der Waals surface area contributed by atoms with Gasteiger partial charge >= 0.3 is 6.18 Å². The molecule has 0 saturated carbocycles. The van der Waals surface area contributed by atoms with Crippen LogP contribution in [0, 0.1) is 6.92 Å². The maximum Gasteiger partial charge on any atom is 0.416 e. The smallest absolute Gasteiger partial charge is 0.354 e. The van der Waals surface area contributed by atoms with Gasteiger partial charge in [0.05, 0.1) is 5.56 Å². The van der Waals surface area contributed by atoms with E-state index in [-0.39, 0.29) is 11.6 Å². The Morgan fingerprint density at radius 3 is 2.41 bits per heavy atom. The number of carbonyl (C=O) groups excluding carboxylic acids is 2. The fourth-order valence-corrected chi connectivity index (χ4v) is 4.74. The first kappa shape index (κ1) is 29.6. The largest absolute Gasteiger partial charge is 0.416 e. The summed E-state index contributed by atoms with van der Waals surface area (Å²) in [6, 6.07) is 14.5. The molecular weight excluding hydrogens is 529 g/mol. The van der Waals surface area contributed by atoms with Crippen molar-refractivity contribution in [3.63, 3.8) is 0 Å². The van der Waals surface area contributed by atoms with Gasteiger partial charge in [0, 0.05) is 42.6 Å². The fourth-order valence-electron chi connectivity index (χ4n) is 4.74. The third-order valence-electron chi connectivity index (χ3n) is 6.83. The lowest BCUT2D eigenvalue weighted by molar-refractivity contribution is -0.137. The van der Waals surface area contributed by atoms with E-state index in [0.29, 0.717) is 23.4 Å². The van der Waals surface area contributed by atoms with Gasteiger partial charge in [-0.2, -0.15) is 13.2 Å². The first-order chi connectivity index (χ1) is 19.6. The molecule has 0 unspecified atom stereocenters. The Bertz CT molecular complexity index is 1540. The molecule has 41 heavy (non-hydrogen) atoms. The van der Waals surface area contributed by atoms with Crippen molar-refractivity contribution in [3.8, 4) is 5.69 Å². The number of pyridine rings is 1. The molecule has 9 heteroatoms. The molecule has 0 aliphatic carbocycles. The highest BCUT2D eigenvalue weighted by atomic mass is 19.4. The zero-order valence-corrected chi connectivity index (χ0v) is 23.3. The van der Waals surface area contributed by atoms with Crippen molar-refractivity contribution in [1.29, 1.82) is 0 Å². The van der Waals surface area contributed by atoms with Crippen LogP contribution < -0.4 is 10.6 Å². The number of aromatic nitrogens is 2. The van der Waals surface area contributed by atoms with Crippen LogP contribution in [0.2, 0.25) is 0 Å². The third kappa shape index (κ3) is 7.63. The summed E-state index contributed by atoms with van der Waals surface area (Å²) in [6.07, 6.45) is 4.45. The molecule has 0 aliphatic rings. The number of anilines is 1. The molecule has 0 aliphatic heterocycles. The van der Waals surface area contributed by atoms with Gasteiger partial charge < -0.3 is 15.2 Å². The Labute approximate surface area is 237 Å². The van der Waals surface area contributed by atoms with Crippen LogP contribution in [0.5, 0.6) is 0 Å². The number of nitrogens with one attached hydrogen (secondary N) is 2. The maximum absolute atomic E-state index is 13.7.